The summed E-state index contributed by atoms with van der Waals surface area (Å²) in [4.78, 5) is 30.0. The molecule has 2 aliphatic rings. The Kier molecular flexibility index (Phi) is 6.59. The molecule has 166 valence electrons. The molecule has 2 saturated heterocycles. The van der Waals surface area contributed by atoms with Crippen molar-refractivity contribution < 1.29 is 14.3 Å². The molecule has 3 heterocycles. The van der Waals surface area contributed by atoms with Crippen molar-refractivity contribution in [2.75, 3.05) is 33.3 Å². The van der Waals surface area contributed by atoms with Gasteiger partial charge in [0.25, 0.3) is 5.91 Å². The van der Waals surface area contributed by atoms with Gasteiger partial charge in [-0.25, -0.2) is 0 Å². The second kappa shape index (κ2) is 9.54. The molecule has 2 aliphatic heterocycles. The van der Waals surface area contributed by atoms with Crippen LogP contribution in [0.15, 0.2) is 24.4 Å². The third-order valence-electron chi connectivity index (χ3n) is 6.50. The predicted octanol–water partition coefficient (Wildman–Crippen LogP) is 3.30. The van der Waals surface area contributed by atoms with Crippen molar-refractivity contribution in [1.82, 2.24) is 20.0 Å². The Morgan fingerprint density at radius 1 is 1.13 bits per heavy atom. The van der Waals surface area contributed by atoms with Gasteiger partial charge in [0.05, 0.1) is 31.0 Å². The molecule has 1 aromatic heterocycles. The van der Waals surface area contributed by atoms with Crippen molar-refractivity contribution >= 4 is 11.8 Å². The molecule has 1 atom stereocenters. The number of H-pyrrole nitrogens is 1. The maximum absolute atomic E-state index is 13.1. The van der Waals surface area contributed by atoms with Gasteiger partial charge in [-0.15, -0.1) is 0 Å². The highest BCUT2D eigenvalue weighted by molar-refractivity contribution is 5.95. The van der Waals surface area contributed by atoms with Crippen molar-refractivity contribution in [3.63, 3.8) is 0 Å². The summed E-state index contributed by atoms with van der Waals surface area (Å²) >= 11 is 0. The Labute approximate surface area is 183 Å². The fourth-order valence-electron chi connectivity index (χ4n) is 4.80. The molecule has 1 N–H and O–H groups in total. The van der Waals surface area contributed by atoms with Gasteiger partial charge >= 0.3 is 0 Å². The Morgan fingerprint density at radius 2 is 1.90 bits per heavy atom. The Balaban J connectivity index is 1.46. The molecule has 0 bridgehead atoms. The van der Waals surface area contributed by atoms with Crippen LogP contribution in [-0.2, 0) is 11.2 Å². The van der Waals surface area contributed by atoms with Crippen LogP contribution in [0.1, 0.15) is 65.2 Å². The summed E-state index contributed by atoms with van der Waals surface area (Å²) in [5.74, 6) is 1.01. The number of ether oxygens (including phenoxy) is 1. The monoisotopic (exact) mass is 424 g/mol. The quantitative estimate of drug-likeness (QED) is 0.799. The van der Waals surface area contributed by atoms with Crippen molar-refractivity contribution in [2.45, 2.75) is 51.4 Å². The summed E-state index contributed by atoms with van der Waals surface area (Å²) in [5, 5.41) is 7.27. The molecule has 1 unspecified atom stereocenters. The molecule has 2 amide bonds. The minimum Gasteiger partial charge on any atom is -0.496 e. The van der Waals surface area contributed by atoms with E-state index < -0.39 is 0 Å². The maximum atomic E-state index is 13.1. The summed E-state index contributed by atoms with van der Waals surface area (Å²) in [6.07, 6.45) is 7.15. The number of aryl methyl sites for hydroxylation is 1. The average molecular weight is 425 g/mol. The van der Waals surface area contributed by atoms with Crippen molar-refractivity contribution in [1.29, 1.82) is 0 Å². The molecule has 7 nitrogen and oxygen atoms in total. The summed E-state index contributed by atoms with van der Waals surface area (Å²) in [7, 11) is 1.63. The number of methoxy groups -OCH3 is 1. The van der Waals surface area contributed by atoms with Gasteiger partial charge in [0.15, 0.2) is 0 Å². The van der Waals surface area contributed by atoms with E-state index in [1.807, 2.05) is 34.9 Å². The number of piperidine rings is 2. The average Bonchev–Trinajstić information content (AvgIpc) is 3.29. The zero-order valence-electron chi connectivity index (χ0n) is 18.5. The molecular weight excluding hydrogens is 392 g/mol. The number of amides is 2. The molecular formula is C24H32N4O3. The molecule has 0 spiro atoms. The minimum atomic E-state index is 0.0661. The lowest BCUT2D eigenvalue weighted by Crippen LogP contribution is -2.41. The fraction of sp³-hybridized carbons (Fsp3) is 0.542. The van der Waals surface area contributed by atoms with Gasteiger partial charge in [-0.3, -0.25) is 14.7 Å². The van der Waals surface area contributed by atoms with Gasteiger partial charge in [-0.05, 0) is 45.1 Å². The van der Waals surface area contributed by atoms with Crippen LogP contribution in [0.5, 0.6) is 5.75 Å². The molecule has 4 rings (SSSR count). The van der Waals surface area contributed by atoms with Crippen LogP contribution in [0.4, 0.5) is 0 Å². The van der Waals surface area contributed by atoms with E-state index >= 15 is 0 Å². The van der Waals surface area contributed by atoms with Gasteiger partial charge in [0.2, 0.25) is 5.91 Å². The number of nitrogens with one attached hydrogen (secondary N) is 1. The second-order valence-corrected chi connectivity index (χ2v) is 8.72. The third-order valence-corrected chi connectivity index (χ3v) is 6.50. The van der Waals surface area contributed by atoms with Gasteiger partial charge in [-0.2, -0.15) is 5.10 Å². The lowest BCUT2D eigenvalue weighted by atomic mass is 9.91. The summed E-state index contributed by atoms with van der Waals surface area (Å²) < 4.78 is 5.44. The second-order valence-electron chi connectivity index (χ2n) is 8.72. The van der Waals surface area contributed by atoms with E-state index in [1.165, 1.54) is 6.42 Å². The van der Waals surface area contributed by atoms with E-state index in [9.17, 15) is 9.59 Å². The first-order valence-electron chi connectivity index (χ1n) is 11.3. The first kappa shape index (κ1) is 21.4. The highest BCUT2D eigenvalue weighted by Crippen LogP contribution is 2.30. The molecule has 7 heteroatoms. The minimum absolute atomic E-state index is 0.0661. The highest BCUT2D eigenvalue weighted by atomic mass is 16.5. The zero-order valence-corrected chi connectivity index (χ0v) is 18.5. The Bertz CT molecular complexity index is 933. The van der Waals surface area contributed by atoms with Crippen LogP contribution < -0.4 is 4.74 Å². The van der Waals surface area contributed by atoms with Crippen molar-refractivity contribution in [2.24, 2.45) is 0 Å². The van der Waals surface area contributed by atoms with Gasteiger partial charge < -0.3 is 14.5 Å². The van der Waals surface area contributed by atoms with Crippen LogP contribution in [-0.4, -0.2) is 65.1 Å². The van der Waals surface area contributed by atoms with E-state index in [2.05, 4.69) is 10.2 Å². The summed E-state index contributed by atoms with van der Waals surface area (Å²) in [5.41, 5.74) is 3.57. The lowest BCUT2D eigenvalue weighted by molar-refractivity contribution is -0.131. The number of carbonyl (C=O) groups excluding carboxylic acids is 2. The largest absolute Gasteiger partial charge is 0.496 e. The molecule has 0 saturated carbocycles. The van der Waals surface area contributed by atoms with E-state index in [1.54, 1.807) is 13.3 Å². The maximum Gasteiger partial charge on any atom is 0.257 e. The number of hydrogen-bond donors (Lipinski definition) is 1. The van der Waals surface area contributed by atoms with E-state index in [0.29, 0.717) is 18.5 Å². The number of benzene rings is 1. The molecule has 2 fully saturated rings. The smallest absolute Gasteiger partial charge is 0.257 e. The SMILES string of the molecule is COc1ccc(C)cc1CC(=O)N1CCCC(c2[nH]ncc2C(=O)N2CCCCC2)C1. The number of likely N-dealkylation sites (tertiary alicyclic amines) is 2. The van der Waals surface area contributed by atoms with E-state index in [0.717, 1.165) is 67.9 Å². The number of rotatable bonds is 5. The Morgan fingerprint density at radius 3 is 2.68 bits per heavy atom. The van der Waals surface area contributed by atoms with Crippen molar-refractivity contribution in [3.05, 3.63) is 46.8 Å². The van der Waals surface area contributed by atoms with Gasteiger partial charge in [0.1, 0.15) is 5.75 Å². The first-order valence-corrected chi connectivity index (χ1v) is 11.3. The Hall–Kier alpha value is -2.83. The molecule has 0 radical (unpaired) electrons. The summed E-state index contributed by atoms with van der Waals surface area (Å²) in [6.45, 7) is 5.00. The van der Waals surface area contributed by atoms with Crippen LogP contribution in [0, 0.1) is 6.92 Å². The van der Waals surface area contributed by atoms with E-state index in [4.69, 9.17) is 4.74 Å². The third kappa shape index (κ3) is 4.75. The standard InChI is InChI=1S/C24H32N4O3/c1-17-8-9-21(31-2)19(13-17)14-22(29)28-12-6-7-18(16-28)23-20(15-25-26-23)24(30)27-10-4-3-5-11-27/h8-9,13,15,18H,3-7,10-12,14,16H2,1-2H3,(H,25,26). The molecule has 1 aromatic carbocycles. The highest BCUT2D eigenvalue weighted by Gasteiger charge is 2.31. The van der Waals surface area contributed by atoms with E-state index in [-0.39, 0.29) is 17.7 Å². The van der Waals surface area contributed by atoms with Crippen LogP contribution in [0.3, 0.4) is 0 Å². The van der Waals surface area contributed by atoms with Gasteiger partial charge in [0, 0.05) is 37.7 Å². The number of aromatic nitrogens is 2. The molecule has 0 aliphatic carbocycles. The topological polar surface area (TPSA) is 78.5 Å². The number of aromatic amines is 1. The fourth-order valence-corrected chi connectivity index (χ4v) is 4.80. The summed E-state index contributed by atoms with van der Waals surface area (Å²) in [6, 6.07) is 5.92. The van der Waals surface area contributed by atoms with Crippen LogP contribution >= 0.6 is 0 Å². The van der Waals surface area contributed by atoms with Crippen molar-refractivity contribution in [3.8, 4) is 5.75 Å². The predicted molar refractivity (Wildman–Crippen MR) is 118 cm³/mol. The lowest BCUT2D eigenvalue weighted by Gasteiger charge is -2.33. The van der Waals surface area contributed by atoms with Gasteiger partial charge in [-0.1, -0.05) is 17.7 Å². The van der Waals surface area contributed by atoms with Crippen LogP contribution in [0.25, 0.3) is 0 Å². The van der Waals surface area contributed by atoms with Crippen LogP contribution in [0.2, 0.25) is 0 Å². The normalized spacial score (nSPS) is 19.4. The first-order chi connectivity index (χ1) is 15.1. The number of hydrogen-bond acceptors (Lipinski definition) is 4. The number of carbonyl (C=O) groups is 2. The molecule has 31 heavy (non-hydrogen) atoms. The zero-order chi connectivity index (χ0) is 21.8. The number of nitrogens with zero attached hydrogens (tertiary/aromatic N) is 3. The molecule has 2 aromatic rings.